The number of anilines is 3. The molecule has 18 rings (SSSR count). The van der Waals surface area contributed by atoms with E-state index in [-0.39, 0.29) is 0 Å². The Hall–Kier alpha value is -9.76. The minimum Gasteiger partial charge on any atom is -0.456 e. The van der Waals surface area contributed by atoms with Gasteiger partial charge in [-0.05, 0) is 159 Å². The Morgan fingerprint density at radius 3 is 1.05 bits per heavy atom. The average molecular weight is 962 g/mol. The highest BCUT2D eigenvalue weighted by molar-refractivity contribution is 6.36. The summed E-state index contributed by atoms with van der Waals surface area (Å²) in [7, 11) is 0. The second-order valence-corrected chi connectivity index (χ2v) is 21.3. The molecule has 1 aromatic heterocycles. The van der Waals surface area contributed by atoms with Crippen molar-refractivity contribution in [3.8, 4) is 44.5 Å². The third-order valence-electron chi connectivity index (χ3n) is 18.1. The molecule has 0 amide bonds. The molecule has 0 aliphatic heterocycles. The topological polar surface area (TPSA) is 16.4 Å². The number of nitrogens with zero attached hydrogens (tertiary/aromatic N) is 1. The van der Waals surface area contributed by atoms with Crippen LogP contribution in [0.3, 0.4) is 0 Å². The number of hydrogen-bond acceptors (Lipinski definition) is 2. The summed E-state index contributed by atoms with van der Waals surface area (Å²) < 4.78 is 6.58. The first kappa shape index (κ1) is 40.7. The van der Waals surface area contributed by atoms with Crippen LogP contribution >= 0.6 is 0 Å². The Balaban J connectivity index is 0.972. The van der Waals surface area contributed by atoms with Gasteiger partial charge in [-0.25, -0.2) is 0 Å². The van der Waals surface area contributed by atoms with Crippen LogP contribution in [0.25, 0.3) is 98.8 Å². The summed E-state index contributed by atoms with van der Waals surface area (Å²) in [6.45, 7) is 0. The molecule has 0 fully saturated rings. The molecule has 14 aromatic rings. The highest BCUT2D eigenvalue weighted by Gasteiger charge is 2.53. The van der Waals surface area contributed by atoms with E-state index in [0.29, 0.717) is 0 Å². The Morgan fingerprint density at radius 2 is 0.592 bits per heavy atom. The molecule has 76 heavy (non-hydrogen) atoms. The van der Waals surface area contributed by atoms with Gasteiger partial charge in [-0.1, -0.05) is 212 Å². The number of hydrogen-bond donors (Lipinski definition) is 0. The molecule has 2 heteroatoms. The van der Waals surface area contributed by atoms with Crippen LogP contribution < -0.4 is 4.90 Å². The predicted molar refractivity (Wildman–Crippen MR) is 314 cm³/mol. The van der Waals surface area contributed by atoms with Crippen molar-refractivity contribution in [3.05, 3.63) is 305 Å². The Morgan fingerprint density at radius 1 is 0.237 bits per heavy atom. The summed E-state index contributed by atoms with van der Waals surface area (Å²) in [5.41, 5.74) is 25.1. The van der Waals surface area contributed by atoms with Crippen molar-refractivity contribution in [2.24, 2.45) is 0 Å². The maximum Gasteiger partial charge on any atom is 0.136 e. The second kappa shape index (κ2) is 14.5. The van der Waals surface area contributed by atoms with E-state index in [4.69, 9.17) is 4.42 Å². The van der Waals surface area contributed by atoms with Crippen molar-refractivity contribution in [2.75, 3.05) is 4.90 Å². The lowest BCUT2D eigenvalue weighted by molar-refractivity contribution is 0.669. The van der Waals surface area contributed by atoms with E-state index in [2.05, 4.69) is 266 Å². The normalized spacial score (nSPS) is 14.3. The highest BCUT2D eigenvalue weighted by Crippen LogP contribution is 2.66. The van der Waals surface area contributed by atoms with Gasteiger partial charge in [0.15, 0.2) is 0 Å². The highest BCUT2D eigenvalue weighted by atomic mass is 16.3. The van der Waals surface area contributed by atoms with Gasteiger partial charge in [0.05, 0.1) is 16.5 Å². The van der Waals surface area contributed by atoms with Crippen LogP contribution in [-0.4, -0.2) is 0 Å². The van der Waals surface area contributed by atoms with Crippen LogP contribution in [0.5, 0.6) is 0 Å². The smallest absolute Gasteiger partial charge is 0.136 e. The Bertz CT molecular complexity index is 4560. The maximum atomic E-state index is 6.58. The largest absolute Gasteiger partial charge is 0.456 e. The van der Waals surface area contributed by atoms with E-state index in [0.717, 1.165) is 39.0 Å². The Kier molecular flexibility index (Phi) is 7.77. The minimum absolute atomic E-state index is 0.512. The molecule has 0 saturated carbocycles. The first-order chi connectivity index (χ1) is 37.7. The minimum atomic E-state index is -0.512. The summed E-state index contributed by atoms with van der Waals surface area (Å²) in [5.74, 6) is 0. The van der Waals surface area contributed by atoms with Crippen molar-refractivity contribution in [1.29, 1.82) is 0 Å². The number of fused-ring (bicyclic) bond motifs is 30. The van der Waals surface area contributed by atoms with Gasteiger partial charge in [0.2, 0.25) is 0 Å². The second-order valence-electron chi connectivity index (χ2n) is 21.3. The molecule has 0 saturated heterocycles. The standard InChI is InChI=1S/C74H43NO/c1-2-25-56-54(24-1)70-55(57-40-41-69-72(71(56)57)58-26-9-16-35-68(58)76-69)27-17-34-67(70)75(44-36-38-52-50-22-7-14-32-63(50)73(65(52)42-44)59-28-10-3-18-46(59)47-19-4-11-29-60(47)73)45-37-39-53-51-23-8-15-33-64(51)74(66(53)43-45)61-30-12-5-20-48(61)49-21-6-13-31-62(49)74/h1-43H. The van der Waals surface area contributed by atoms with Crippen molar-refractivity contribution in [3.63, 3.8) is 0 Å². The molecule has 350 valence electrons. The zero-order valence-corrected chi connectivity index (χ0v) is 41.2. The fraction of sp³-hybridized carbons (Fsp3) is 0.0270. The zero-order chi connectivity index (χ0) is 49.4. The van der Waals surface area contributed by atoms with Gasteiger partial charge in [-0.15, -0.1) is 0 Å². The van der Waals surface area contributed by atoms with Crippen LogP contribution in [-0.2, 0) is 10.8 Å². The number of benzene rings is 13. The molecular weight excluding hydrogens is 919 g/mol. The van der Waals surface area contributed by atoms with E-state index in [1.165, 1.54) is 121 Å². The molecule has 0 bridgehead atoms. The fourth-order valence-corrected chi connectivity index (χ4v) is 15.3. The van der Waals surface area contributed by atoms with Crippen LogP contribution in [0.15, 0.2) is 265 Å². The molecule has 1 heterocycles. The van der Waals surface area contributed by atoms with Gasteiger partial charge in [0.25, 0.3) is 0 Å². The van der Waals surface area contributed by atoms with Crippen LogP contribution in [0, 0.1) is 0 Å². The first-order valence-corrected chi connectivity index (χ1v) is 26.6. The van der Waals surface area contributed by atoms with Gasteiger partial charge in [-0.3, -0.25) is 0 Å². The SMILES string of the molecule is c1ccc2c(c1)-c1ccccc1C21c2ccccc2-c2ccc(N(c3ccc4c(c3)C3(c5ccccc5-c5ccccc53)c3ccccc3-4)c3cccc4c5ccc6oc7ccccc7c6c5c5ccccc5c34)cc21. The summed E-state index contributed by atoms with van der Waals surface area (Å²) in [6, 6.07) is 98.5. The lowest BCUT2D eigenvalue weighted by Gasteiger charge is -2.34. The van der Waals surface area contributed by atoms with E-state index in [1.807, 2.05) is 0 Å². The molecule has 4 aliphatic rings. The molecule has 0 unspecified atom stereocenters. The predicted octanol–water partition coefficient (Wildman–Crippen LogP) is 19.2. The van der Waals surface area contributed by atoms with Crippen molar-refractivity contribution in [2.45, 2.75) is 10.8 Å². The lowest BCUT2D eigenvalue weighted by Crippen LogP contribution is -2.26. The summed E-state index contributed by atoms with van der Waals surface area (Å²) >= 11 is 0. The van der Waals surface area contributed by atoms with Gasteiger partial charge in [0, 0.05) is 32.9 Å². The number of rotatable bonds is 3. The fourth-order valence-electron chi connectivity index (χ4n) is 15.3. The van der Waals surface area contributed by atoms with Gasteiger partial charge < -0.3 is 9.32 Å². The van der Waals surface area contributed by atoms with Crippen LogP contribution in [0.2, 0.25) is 0 Å². The third kappa shape index (κ3) is 4.80. The van der Waals surface area contributed by atoms with E-state index < -0.39 is 10.8 Å². The lowest BCUT2D eigenvalue weighted by atomic mass is 9.70. The monoisotopic (exact) mass is 961 g/mol. The van der Waals surface area contributed by atoms with Crippen LogP contribution in [0.4, 0.5) is 17.1 Å². The van der Waals surface area contributed by atoms with Crippen molar-refractivity contribution < 1.29 is 4.42 Å². The van der Waals surface area contributed by atoms with E-state index >= 15 is 0 Å². The molecule has 2 nitrogen and oxygen atoms in total. The van der Waals surface area contributed by atoms with Gasteiger partial charge in [0.1, 0.15) is 11.2 Å². The van der Waals surface area contributed by atoms with Gasteiger partial charge in [-0.2, -0.15) is 0 Å². The Labute approximate surface area is 439 Å². The summed E-state index contributed by atoms with van der Waals surface area (Å²) in [5, 5.41) is 9.56. The molecule has 2 spiro atoms. The summed E-state index contributed by atoms with van der Waals surface area (Å²) in [4.78, 5) is 2.60. The number of para-hydroxylation sites is 1. The first-order valence-electron chi connectivity index (χ1n) is 26.6. The van der Waals surface area contributed by atoms with Gasteiger partial charge >= 0.3 is 0 Å². The zero-order valence-electron chi connectivity index (χ0n) is 41.2. The van der Waals surface area contributed by atoms with E-state index in [9.17, 15) is 0 Å². The molecule has 4 aliphatic carbocycles. The average Bonchev–Trinajstić information content (AvgIpc) is 4.41. The van der Waals surface area contributed by atoms with E-state index in [1.54, 1.807) is 0 Å². The number of furan rings is 1. The third-order valence-corrected chi connectivity index (χ3v) is 18.1. The quantitative estimate of drug-likeness (QED) is 0.164. The summed E-state index contributed by atoms with van der Waals surface area (Å²) in [6.07, 6.45) is 0. The molecular formula is C74H43NO. The molecule has 13 aromatic carbocycles. The van der Waals surface area contributed by atoms with Crippen molar-refractivity contribution in [1.82, 2.24) is 0 Å². The van der Waals surface area contributed by atoms with Crippen LogP contribution in [0.1, 0.15) is 44.5 Å². The molecule has 0 atom stereocenters. The maximum absolute atomic E-state index is 6.58. The molecule has 0 N–H and O–H groups in total. The van der Waals surface area contributed by atoms with Crippen molar-refractivity contribution >= 4 is 71.3 Å². The molecule has 0 radical (unpaired) electrons.